The van der Waals surface area contributed by atoms with Crippen LogP contribution in [0.25, 0.3) is 17.0 Å². The summed E-state index contributed by atoms with van der Waals surface area (Å²) in [6, 6.07) is 3.55. The zero-order valence-electron chi connectivity index (χ0n) is 12.8. The van der Waals surface area contributed by atoms with Crippen LogP contribution in [0.1, 0.15) is 0 Å². The van der Waals surface area contributed by atoms with E-state index in [2.05, 4.69) is 15.3 Å². The van der Waals surface area contributed by atoms with Gasteiger partial charge >= 0.3 is 6.03 Å². The van der Waals surface area contributed by atoms with Crippen molar-refractivity contribution in [1.82, 2.24) is 19.3 Å². The Morgan fingerprint density at radius 2 is 2.04 bits per heavy atom. The first-order chi connectivity index (χ1) is 12.0. The third-order valence-electron chi connectivity index (χ3n) is 3.90. The lowest BCUT2D eigenvalue weighted by Gasteiger charge is -2.34. The van der Waals surface area contributed by atoms with E-state index in [0.29, 0.717) is 5.69 Å². The fourth-order valence-electron chi connectivity index (χ4n) is 2.58. The highest BCUT2D eigenvalue weighted by atomic mass is 19.1. The second-order valence-corrected chi connectivity index (χ2v) is 5.73. The third-order valence-corrected chi connectivity index (χ3v) is 3.90. The molecule has 0 spiro atoms. The van der Waals surface area contributed by atoms with Gasteiger partial charge in [0, 0.05) is 23.6 Å². The highest BCUT2D eigenvalue weighted by molar-refractivity contribution is 5.90. The lowest BCUT2D eigenvalue weighted by atomic mass is 10.1. The van der Waals surface area contributed by atoms with Crippen molar-refractivity contribution in [1.29, 1.82) is 0 Å². The van der Waals surface area contributed by atoms with Crippen LogP contribution in [0, 0.1) is 11.6 Å². The molecule has 0 aliphatic carbocycles. The molecule has 0 atom stereocenters. The molecule has 0 bridgehead atoms. The number of amides is 2. The van der Waals surface area contributed by atoms with E-state index < -0.39 is 23.8 Å². The van der Waals surface area contributed by atoms with E-state index in [9.17, 15) is 18.0 Å². The normalized spacial score (nSPS) is 14.6. The number of anilines is 1. The average molecular weight is 347 g/mol. The van der Waals surface area contributed by atoms with E-state index in [-0.39, 0.29) is 30.1 Å². The Morgan fingerprint density at radius 1 is 1.24 bits per heavy atom. The molecule has 0 radical (unpaired) electrons. The van der Waals surface area contributed by atoms with Crippen molar-refractivity contribution >= 4 is 17.5 Å². The van der Waals surface area contributed by atoms with Crippen LogP contribution in [0.2, 0.25) is 0 Å². The predicted octanol–water partition coefficient (Wildman–Crippen LogP) is 2.86. The number of imidazole rings is 1. The van der Waals surface area contributed by atoms with Crippen LogP contribution in [0.4, 0.5) is 23.7 Å². The summed E-state index contributed by atoms with van der Waals surface area (Å²) in [5.41, 5.74) is 0.732. The molecule has 3 heterocycles. The maximum absolute atomic E-state index is 14.2. The van der Waals surface area contributed by atoms with Gasteiger partial charge in [0.25, 0.3) is 0 Å². The van der Waals surface area contributed by atoms with Gasteiger partial charge in [0.05, 0.1) is 25.0 Å². The molecule has 3 aromatic rings. The number of halogens is 3. The largest absolute Gasteiger partial charge is 0.322 e. The molecule has 6 nitrogen and oxygen atoms in total. The second kappa shape index (κ2) is 5.76. The van der Waals surface area contributed by atoms with Crippen LogP contribution in [0.15, 0.2) is 36.8 Å². The molecule has 1 aliphatic rings. The summed E-state index contributed by atoms with van der Waals surface area (Å²) >= 11 is 0. The maximum atomic E-state index is 14.2. The van der Waals surface area contributed by atoms with Crippen molar-refractivity contribution in [2.24, 2.45) is 0 Å². The Labute approximate surface area is 139 Å². The number of rotatable bonds is 2. The van der Waals surface area contributed by atoms with Gasteiger partial charge in [-0.15, -0.1) is 0 Å². The monoisotopic (exact) mass is 347 g/mol. The van der Waals surface area contributed by atoms with E-state index in [4.69, 9.17) is 0 Å². The van der Waals surface area contributed by atoms with Crippen LogP contribution in [0.5, 0.6) is 0 Å². The summed E-state index contributed by atoms with van der Waals surface area (Å²) < 4.78 is 41.5. The minimum atomic E-state index is -1.000. The molecule has 1 saturated heterocycles. The summed E-state index contributed by atoms with van der Waals surface area (Å²) in [7, 11) is 0. The number of fused-ring (bicyclic) bond motifs is 1. The van der Waals surface area contributed by atoms with Gasteiger partial charge in [0.2, 0.25) is 5.78 Å². The van der Waals surface area contributed by atoms with Crippen LogP contribution in [-0.2, 0) is 0 Å². The first-order valence-electron chi connectivity index (χ1n) is 7.50. The predicted molar refractivity (Wildman–Crippen MR) is 83.8 cm³/mol. The molecule has 0 saturated carbocycles. The first kappa shape index (κ1) is 15.4. The molecule has 1 fully saturated rings. The van der Waals surface area contributed by atoms with Gasteiger partial charge < -0.3 is 10.2 Å². The van der Waals surface area contributed by atoms with Crippen molar-refractivity contribution in [3.63, 3.8) is 0 Å². The molecular weight excluding hydrogens is 335 g/mol. The lowest BCUT2D eigenvalue weighted by molar-refractivity contribution is 0.0974. The van der Waals surface area contributed by atoms with E-state index >= 15 is 0 Å². The highest BCUT2D eigenvalue weighted by Gasteiger charge is 2.30. The summed E-state index contributed by atoms with van der Waals surface area (Å²) in [5, 5.41) is 2.59. The molecule has 1 N–H and O–H groups in total. The summed E-state index contributed by atoms with van der Waals surface area (Å²) in [6.07, 6.45) is 2.64. The van der Waals surface area contributed by atoms with Crippen LogP contribution in [0.3, 0.4) is 0 Å². The Kier molecular flexibility index (Phi) is 3.56. The number of urea groups is 1. The number of nitrogens with zero attached hydrogens (tertiary/aromatic N) is 4. The fraction of sp³-hybridized carbons (Fsp3) is 0.188. The first-order valence-corrected chi connectivity index (χ1v) is 7.50. The quantitative estimate of drug-likeness (QED) is 0.775. The molecular formula is C16H12F3N5O. The molecule has 0 unspecified atom stereocenters. The van der Waals surface area contributed by atoms with Crippen molar-refractivity contribution in [3.8, 4) is 11.3 Å². The fourth-order valence-corrected chi connectivity index (χ4v) is 2.58. The number of alkyl halides is 1. The maximum Gasteiger partial charge on any atom is 0.322 e. The molecule has 1 aliphatic heterocycles. The van der Waals surface area contributed by atoms with Crippen LogP contribution >= 0.6 is 0 Å². The number of aromatic nitrogens is 3. The van der Waals surface area contributed by atoms with Gasteiger partial charge in [-0.25, -0.2) is 27.9 Å². The van der Waals surface area contributed by atoms with Gasteiger partial charge in [0.15, 0.2) is 5.82 Å². The second-order valence-electron chi connectivity index (χ2n) is 5.73. The van der Waals surface area contributed by atoms with Gasteiger partial charge in [-0.3, -0.25) is 4.40 Å². The Balaban J connectivity index is 1.63. The van der Waals surface area contributed by atoms with Gasteiger partial charge in [-0.2, -0.15) is 0 Å². The smallest absolute Gasteiger partial charge is 0.319 e. The molecule has 2 amide bonds. The topological polar surface area (TPSA) is 62.5 Å². The molecule has 4 rings (SSSR count). The van der Waals surface area contributed by atoms with Crippen LogP contribution in [-0.4, -0.2) is 44.6 Å². The summed E-state index contributed by atoms with van der Waals surface area (Å²) in [4.78, 5) is 21.2. The van der Waals surface area contributed by atoms with E-state index in [0.717, 1.165) is 6.20 Å². The Morgan fingerprint density at radius 3 is 2.80 bits per heavy atom. The van der Waals surface area contributed by atoms with Crippen LogP contribution < -0.4 is 5.32 Å². The standard InChI is InChI=1S/C16H12F3N5O/c17-9-4-20-15-22-14(8-23(15)5-9)12-3-11(1-2-13(12)19)21-16(25)24-6-10(18)7-24/h1-5,8,10H,6-7H2,(H,21,25). The molecule has 25 heavy (non-hydrogen) atoms. The lowest BCUT2D eigenvalue weighted by Crippen LogP contribution is -2.53. The zero-order valence-corrected chi connectivity index (χ0v) is 12.8. The molecule has 9 heteroatoms. The zero-order chi connectivity index (χ0) is 17.6. The number of nitrogens with one attached hydrogen (secondary N) is 1. The van der Waals surface area contributed by atoms with Crippen molar-refractivity contribution in [3.05, 3.63) is 48.4 Å². The molecule has 2 aromatic heterocycles. The van der Waals surface area contributed by atoms with Gasteiger partial charge in [-0.05, 0) is 18.2 Å². The molecule has 128 valence electrons. The van der Waals surface area contributed by atoms with Gasteiger partial charge in [0.1, 0.15) is 12.0 Å². The Bertz CT molecular complexity index is 968. The number of carbonyl (C=O) groups is 1. The van der Waals surface area contributed by atoms with E-state index in [1.165, 1.54) is 39.9 Å². The highest BCUT2D eigenvalue weighted by Crippen LogP contribution is 2.26. The summed E-state index contributed by atoms with van der Waals surface area (Å²) in [6.45, 7) is 0.0904. The van der Waals surface area contributed by atoms with Crippen molar-refractivity contribution in [2.45, 2.75) is 6.17 Å². The van der Waals surface area contributed by atoms with E-state index in [1.807, 2.05) is 0 Å². The van der Waals surface area contributed by atoms with Crippen molar-refractivity contribution < 1.29 is 18.0 Å². The van der Waals surface area contributed by atoms with Crippen molar-refractivity contribution in [2.75, 3.05) is 18.4 Å². The average Bonchev–Trinajstić information content (AvgIpc) is 2.96. The third kappa shape index (κ3) is 2.88. The minimum absolute atomic E-state index is 0.0452. The Hall–Kier alpha value is -3.10. The number of benzene rings is 1. The number of hydrogen-bond acceptors (Lipinski definition) is 3. The van der Waals surface area contributed by atoms with E-state index in [1.54, 1.807) is 0 Å². The number of hydrogen-bond donors (Lipinski definition) is 1. The molecule has 1 aromatic carbocycles. The van der Waals surface area contributed by atoms with Gasteiger partial charge in [-0.1, -0.05) is 0 Å². The number of likely N-dealkylation sites (tertiary alicyclic amines) is 1. The number of carbonyl (C=O) groups excluding carboxylic acids is 1. The summed E-state index contributed by atoms with van der Waals surface area (Å²) in [5.74, 6) is -0.867. The SMILES string of the molecule is O=C(Nc1ccc(F)c(-c2cn3cc(F)cnc3n2)c1)N1CC(F)C1. The minimum Gasteiger partial charge on any atom is -0.319 e.